The number of nitrogens with zero attached hydrogens (tertiary/aromatic N) is 1. The number of benzene rings is 1. The van der Waals surface area contributed by atoms with Crippen molar-refractivity contribution in [2.24, 2.45) is 5.41 Å². The number of aliphatic hydroxyl groups is 1. The second-order valence-corrected chi connectivity index (χ2v) is 6.16. The largest absolute Gasteiger partial charge is 0.391 e. The zero-order valence-corrected chi connectivity index (χ0v) is 11.8. The Morgan fingerprint density at radius 1 is 1.22 bits per heavy atom. The van der Waals surface area contributed by atoms with Crippen molar-refractivity contribution >= 4 is 0 Å². The van der Waals surface area contributed by atoms with Gasteiger partial charge in [-0.25, -0.2) is 0 Å². The summed E-state index contributed by atoms with van der Waals surface area (Å²) in [6.45, 7) is 9.33. The molecule has 0 radical (unpaired) electrons. The number of aryl methyl sites for hydroxylation is 1. The summed E-state index contributed by atoms with van der Waals surface area (Å²) >= 11 is 0. The average molecular weight is 247 g/mol. The molecule has 1 atom stereocenters. The number of hydrogen-bond donors (Lipinski definition) is 1. The van der Waals surface area contributed by atoms with Gasteiger partial charge in [0, 0.05) is 13.1 Å². The van der Waals surface area contributed by atoms with E-state index in [1.54, 1.807) is 0 Å². The topological polar surface area (TPSA) is 23.5 Å². The number of hydrogen-bond acceptors (Lipinski definition) is 2. The van der Waals surface area contributed by atoms with Crippen LogP contribution < -0.4 is 0 Å². The van der Waals surface area contributed by atoms with E-state index < -0.39 is 0 Å². The van der Waals surface area contributed by atoms with E-state index in [1.807, 2.05) is 0 Å². The first kappa shape index (κ1) is 13.6. The Morgan fingerprint density at radius 2 is 1.83 bits per heavy atom. The quantitative estimate of drug-likeness (QED) is 0.888. The minimum Gasteiger partial charge on any atom is -0.391 e. The highest BCUT2D eigenvalue weighted by molar-refractivity contribution is 5.22. The first-order valence-electron chi connectivity index (χ1n) is 6.99. The zero-order valence-electron chi connectivity index (χ0n) is 11.8. The molecular weight excluding hydrogens is 222 g/mol. The van der Waals surface area contributed by atoms with Gasteiger partial charge in [-0.15, -0.1) is 0 Å². The average Bonchev–Trinajstić information content (AvgIpc) is 2.35. The molecule has 1 saturated heterocycles. The van der Waals surface area contributed by atoms with Crippen molar-refractivity contribution in [1.29, 1.82) is 0 Å². The van der Waals surface area contributed by atoms with E-state index in [1.165, 1.54) is 11.1 Å². The van der Waals surface area contributed by atoms with Gasteiger partial charge >= 0.3 is 0 Å². The summed E-state index contributed by atoms with van der Waals surface area (Å²) in [6.07, 6.45) is 1.96. The van der Waals surface area contributed by atoms with Gasteiger partial charge in [-0.1, -0.05) is 45.0 Å². The van der Waals surface area contributed by atoms with Crippen LogP contribution in [0.1, 0.15) is 38.3 Å². The summed E-state index contributed by atoms with van der Waals surface area (Å²) < 4.78 is 0. The number of rotatable bonds is 3. The molecule has 100 valence electrons. The van der Waals surface area contributed by atoms with Gasteiger partial charge in [-0.3, -0.25) is 4.90 Å². The number of piperidine rings is 1. The Hall–Kier alpha value is -0.860. The molecule has 1 aliphatic heterocycles. The van der Waals surface area contributed by atoms with Crippen LogP contribution in [0.5, 0.6) is 0 Å². The van der Waals surface area contributed by atoms with Crippen LogP contribution in [0.4, 0.5) is 0 Å². The SMILES string of the molecule is CCc1ccc(CN2CCC(C)(C)C(O)C2)cc1. The number of aliphatic hydroxyl groups excluding tert-OH is 1. The molecule has 2 nitrogen and oxygen atoms in total. The highest BCUT2D eigenvalue weighted by Crippen LogP contribution is 2.30. The lowest BCUT2D eigenvalue weighted by Crippen LogP contribution is -2.47. The molecular formula is C16H25NO. The fourth-order valence-corrected chi connectivity index (χ4v) is 2.48. The molecule has 0 spiro atoms. The van der Waals surface area contributed by atoms with E-state index in [2.05, 4.69) is 49.9 Å². The fourth-order valence-electron chi connectivity index (χ4n) is 2.48. The predicted molar refractivity (Wildman–Crippen MR) is 75.5 cm³/mol. The second-order valence-electron chi connectivity index (χ2n) is 6.16. The van der Waals surface area contributed by atoms with Crippen molar-refractivity contribution in [1.82, 2.24) is 4.90 Å². The molecule has 1 N–H and O–H groups in total. The van der Waals surface area contributed by atoms with Crippen LogP contribution in [0.25, 0.3) is 0 Å². The molecule has 1 aliphatic rings. The minimum atomic E-state index is -0.207. The molecule has 0 saturated carbocycles. The molecule has 1 heterocycles. The highest BCUT2D eigenvalue weighted by atomic mass is 16.3. The Morgan fingerprint density at radius 3 is 2.39 bits per heavy atom. The van der Waals surface area contributed by atoms with Crippen LogP contribution in [-0.4, -0.2) is 29.2 Å². The maximum atomic E-state index is 10.1. The van der Waals surface area contributed by atoms with Crippen molar-refractivity contribution in [3.8, 4) is 0 Å². The number of β-amino-alcohol motifs (C(OH)–C–C–N with tert-alkyl or cyclic N) is 1. The minimum absolute atomic E-state index is 0.0720. The first-order valence-corrected chi connectivity index (χ1v) is 6.99. The summed E-state index contributed by atoms with van der Waals surface area (Å²) in [4.78, 5) is 2.36. The summed E-state index contributed by atoms with van der Waals surface area (Å²) in [5, 5.41) is 10.1. The number of likely N-dealkylation sites (tertiary alicyclic amines) is 1. The Kier molecular flexibility index (Phi) is 4.08. The second kappa shape index (κ2) is 5.41. The Bertz CT molecular complexity index is 383. The Balaban J connectivity index is 1.94. The van der Waals surface area contributed by atoms with E-state index in [-0.39, 0.29) is 11.5 Å². The van der Waals surface area contributed by atoms with Gasteiger partial charge in [0.15, 0.2) is 0 Å². The third-order valence-corrected chi connectivity index (χ3v) is 4.24. The molecule has 0 aromatic heterocycles. The van der Waals surface area contributed by atoms with Crippen LogP contribution in [0, 0.1) is 5.41 Å². The maximum absolute atomic E-state index is 10.1. The zero-order chi connectivity index (χ0) is 13.2. The predicted octanol–water partition coefficient (Wildman–Crippen LogP) is 2.84. The van der Waals surface area contributed by atoms with E-state index in [0.717, 1.165) is 32.5 Å². The van der Waals surface area contributed by atoms with Crippen molar-refractivity contribution in [3.05, 3.63) is 35.4 Å². The normalized spacial score (nSPS) is 24.1. The van der Waals surface area contributed by atoms with Gasteiger partial charge < -0.3 is 5.11 Å². The van der Waals surface area contributed by atoms with E-state index >= 15 is 0 Å². The summed E-state index contributed by atoms with van der Waals surface area (Å²) in [5.41, 5.74) is 2.81. The van der Waals surface area contributed by atoms with E-state index in [4.69, 9.17) is 0 Å². The lowest BCUT2D eigenvalue weighted by Gasteiger charge is -2.41. The summed E-state index contributed by atoms with van der Waals surface area (Å²) in [6, 6.07) is 8.84. The maximum Gasteiger partial charge on any atom is 0.0718 e. The van der Waals surface area contributed by atoms with Crippen LogP contribution in [0.3, 0.4) is 0 Å². The van der Waals surface area contributed by atoms with E-state index in [9.17, 15) is 5.11 Å². The molecule has 2 rings (SSSR count). The molecule has 1 aromatic rings. The van der Waals surface area contributed by atoms with Gasteiger partial charge in [0.2, 0.25) is 0 Å². The monoisotopic (exact) mass is 247 g/mol. The van der Waals surface area contributed by atoms with E-state index in [0.29, 0.717) is 0 Å². The standard InChI is InChI=1S/C16H25NO/c1-4-13-5-7-14(8-6-13)11-17-10-9-16(2,3)15(18)12-17/h5-8,15,18H,4,9-12H2,1-3H3. The van der Waals surface area contributed by atoms with Gasteiger partial charge in [0.25, 0.3) is 0 Å². The lowest BCUT2D eigenvalue weighted by atomic mass is 9.80. The molecule has 1 aromatic carbocycles. The van der Waals surface area contributed by atoms with Crippen LogP contribution >= 0.6 is 0 Å². The van der Waals surface area contributed by atoms with Crippen molar-refractivity contribution in [2.45, 2.75) is 46.3 Å². The third-order valence-electron chi connectivity index (χ3n) is 4.24. The molecule has 1 fully saturated rings. The smallest absolute Gasteiger partial charge is 0.0718 e. The van der Waals surface area contributed by atoms with Crippen LogP contribution in [0.2, 0.25) is 0 Å². The molecule has 2 heteroatoms. The summed E-state index contributed by atoms with van der Waals surface area (Å²) in [5.74, 6) is 0. The molecule has 0 amide bonds. The third kappa shape index (κ3) is 3.12. The highest BCUT2D eigenvalue weighted by Gasteiger charge is 2.33. The van der Waals surface area contributed by atoms with Crippen molar-refractivity contribution < 1.29 is 5.11 Å². The molecule has 0 aliphatic carbocycles. The van der Waals surface area contributed by atoms with Crippen LogP contribution in [-0.2, 0) is 13.0 Å². The molecule has 1 unspecified atom stereocenters. The lowest BCUT2D eigenvalue weighted by molar-refractivity contribution is -0.0278. The summed E-state index contributed by atoms with van der Waals surface area (Å²) in [7, 11) is 0. The first-order chi connectivity index (χ1) is 8.51. The fraction of sp³-hybridized carbons (Fsp3) is 0.625. The van der Waals surface area contributed by atoms with Crippen LogP contribution in [0.15, 0.2) is 24.3 Å². The van der Waals surface area contributed by atoms with Gasteiger partial charge in [-0.05, 0) is 35.9 Å². The van der Waals surface area contributed by atoms with Crippen molar-refractivity contribution in [3.63, 3.8) is 0 Å². The van der Waals surface area contributed by atoms with Gasteiger partial charge in [0.1, 0.15) is 0 Å². The Labute approximate surface area is 111 Å². The van der Waals surface area contributed by atoms with Gasteiger partial charge in [0.05, 0.1) is 6.10 Å². The molecule has 18 heavy (non-hydrogen) atoms. The molecule has 0 bridgehead atoms. The van der Waals surface area contributed by atoms with Gasteiger partial charge in [-0.2, -0.15) is 0 Å². The van der Waals surface area contributed by atoms with Crippen molar-refractivity contribution in [2.75, 3.05) is 13.1 Å².